The van der Waals surface area contributed by atoms with Gasteiger partial charge in [0, 0.05) is 25.8 Å². The lowest BCUT2D eigenvalue weighted by Gasteiger charge is -2.25. The Labute approximate surface area is 155 Å². The summed E-state index contributed by atoms with van der Waals surface area (Å²) < 4.78 is 31.9. The fourth-order valence-corrected chi connectivity index (χ4v) is 4.48. The molecule has 0 spiro atoms. The van der Waals surface area contributed by atoms with E-state index in [1.165, 1.54) is 11.8 Å². The van der Waals surface area contributed by atoms with Gasteiger partial charge in [0.1, 0.15) is 16.5 Å². The summed E-state index contributed by atoms with van der Waals surface area (Å²) in [6, 6.07) is 11.3. The van der Waals surface area contributed by atoms with Crippen LogP contribution < -0.4 is 10.1 Å². The fraction of sp³-hybridized carbons (Fsp3) is 0.421. The molecule has 1 N–H and O–H groups in total. The van der Waals surface area contributed by atoms with Crippen molar-refractivity contribution in [2.24, 2.45) is 0 Å². The van der Waals surface area contributed by atoms with Gasteiger partial charge in [0.05, 0.1) is 7.11 Å². The van der Waals surface area contributed by atoms with Gasteiger partial charge in [0.25, 0.3) is 0 Å². The maximum Gasteiger partial charge on any atom is 0.244 e. The lowest BCUT2D eigenvalue weighted by molar-refractivity contribution is 0.346. The Bertz CT molecular complexity index is 799. The number of anilines is 1. The average molecular weight is 375 g/mol. The summed E-state index contributed by atoms with van der Waals surface area (Å²) in [6.07, 6.45) is 5.25. The summed E-state index contributed by atoms with van der Waals surface area (Å²) in [5, 5.41) is 3.23. The number of hydrogen-bond donors (Lipinski definition) is 1. The molecule has 6 nitrogen and oxygen atoms in total. The van der Waals surface area contributed by atoms with Crippen molar-refractivity contribution in [3.8, 4) is 5.75 Å². The van der Waals surface area contributed by atoms with Crippen LogP contribution in [0.2, 0.25) is 0 Å². The zero-order valence-electron chi connectivity index (χ0n) is 15.0. The lowest BCUT2D eigenvalue weighted by atomic mass is 10.1. The molecule has 0 amide bonds. The van der Waals surface area contributed by atoms with E-state index in [1.807, 2.05) is 24.3 Å². The molecule has 1 aliphatic rings. The number of rotatable bonds is 7. The number of sulfonamides is 1. The Morgan fingerprint density at radius 3 is 2.42 bits per heavy atom. The van der Waals surface area contributed by atoms with E-state index in [-0.39, 0.29) is 4.90 Å². The Morgan fingerprint density at radius 1 is 1.08 bits per heavy atom. The number of nitrogens with one attached hydrogen (secondary N) is 1. The first kappa shape index (κ1) is 18.7. The van der Waals surface area contributed by atoms with Crippen LogP contribution in [0.1, 0.15) is 24.8 Å². The second-order valence-electron chi connectivity index (χ2n) is 6.37. The Kier molecular flexibility index (Phi) is 6.11. The number of benzene rings is 1. The predicted octanol–water partition coefficient (Wildman–Crippen LogP) is 2.92. The molecule has 0 saturated carbocycles. The minimum atomic E-state index is -3.42. The molecule has 0 aliphatic carbocycles. The molecule has 26 heavy (non-hydrogen) atoms. The predicted molar refractivity (Wildman–Crippen MR) is 102 cm³/mol. The quantitative estimate of drug-likeness (QED) is 0.806. The Hall–Kier alpha value is -2.12. The van der Waals surface area contributed by atoms with E-state index < -0.39 is 10.0 Å². The van der Waals surface area contributed by atoms with Crippen molar-refractivity contribution in [3.05, 3.63) is 48.2 Å². The minimum absolute atomic E-state index is 0.264. The summed E-state index contributed by atoms with van der Waals surface area (Å²) in [4.78, 5) is 4.53. The molecule has 1 fully saturated rings. The van der Waals surface area contributed by atoms with Crippen LogP contribution in [0.15, 0.2) is 47.5 Å². The van der Waals surface area contributed by atoms with Crippen LogP contribution in [0.5, 0.6) is 5.75 Å². The van der Waals surface area contributed by atoms with E-state index in [2.05, 4.69) is 10.3 Å². The molecular formula is C19H25N3O3S. The van der Waals surface area contributed by atoms with E-state index >= 15 is 0 Å². The first-order valence-electron chi connectivity index (χ1n) is 8.92. The van der Waals surface area contributed by atoms with Crippen LogP contribution in [0, 0.1) is 0 Å². The highest BCUT2D eigenvalue weighted by Crippen LogP contribution is 2.20. The van der Waals surface area contributed by atoms with Crippen LogP contribution >= 0.6 is 0 Å². The molecule has 7 heteroatoms. The van der Waals surface area contributed by atoms with Crippen molar-refractivity contribution in [1.29, 1.82) is 0 Å². The van der Waals surface area contributed by atoms with Gasteiger partial charge in [-0.2, -0.15) is 4.31 Å². The smallest absolute Gasteiger partial charge is 0.244 e. The lowest BCUT2D eigenvalue weighted by Crippen LogP contribution is -2.35. The number of hydrogen-bond acceptors (Lipinski definition) is 5. The minimum Gasteiger partial charge on any atom is -0.497 e. The van der Waals surface area contributed by atoms with Crippen LogP contribution in [-0.2, 0) is 16.4 Å². The maximum atomic E-state index is 12.6. The molecule has 2 aromatic rings. The van der Waals surface area contributed by atoms with E-state index in [0.717, 1.165) is 38.0 Å². The van der Waals surface area contributed by atoms with E-state index in [9.17, 15) is 8.42 Å². The molecule has 1 aromatic heterocycles. The van der Waals surface area contributed by atoms with Crippen LogP contribution in [-0.4, -0.2) is 44.5 Å². The molecule has 1 saturated heterocycles. The van der Waals surface area contributed by atoms with Gasteiger partial charge in [-0.15, -0.1) is 0 Å². The van der Waals surface area contributed by atoms with Crippen molar-refractivity contribution >= 4 is 15.8 Å². The van der Waals surface area contributed by atoms with Gasteiger partial charge in [-0.05, 0) is 49.1 Å². The van der Waals surface area contributed by atoms with Crippen LogP contribution in [0.25, 0.3) is 0 Å². The summed E-state index contributed by atoms with van der Waals surface area (Å²) in [5.41, 5.74) is 1.20. The van der Waals surface area contributed by atoms with E-state index in [0.29, 0.717) is 18.9 Å². The van der Waals surface area contributed by atoms with Crippen molar-refractivity contribution in [1.82, 2.24) is 9.29 Å². The van der Waals surface area contributed by atoms with Crippen LogP contribution in [0.4, 0.5) is 5.82 Å². The third-order valence-corrected chi connectivity index (χ3v) is 6.45. The molecule has 0 unspecified atom stereocenters. The SMILES string of the molecule is COc1ccc(CCNc2ccc(S(=O)(=O)N3CCCCC3)cn2)cc1. The Morgan fingerprint density at radius 2 is 1.81 bits per heavy atom. The van der Waals surface area contributed by atoms with Crippen molar-refractivity contribution in [2.75, 3.05) is 32.1 Å². The number of aromatic nitrogens is 1. The molecule has 140 valence electrons. The second kappa shape index (κ2) is 8.51. The van der Waals surface area contributed by atoms with Gasteiger partial charge >= 0.3 is 0 Å². The van der Waals surface area contributed by atoms with Crippen molar-refractivity contribution in [3.63, 3.8) is 0 Å². The summed E-state index contributed by atoms with van der Waals surface area (Å²) in [5.74, 6) is 1.52. The number of nitrogens with zero attached hydrogens (tertiary/aromatic N) is 2. The zero-order chi connectivity index (χ0) is 18.4. The molecule has 1 aliphatic heterocycles. The number of methoxy groups -OCH3 is 1. The van der Waals surface area contributed by atoms with Gasteiger partial charge in [-0.25, -0.2) is 13.4 Å². The molecule has 0 radical (unpaired) electrons. The largest absolute Gasteiger partial charge is 0.497 e. The molecule has 0 atom stereocenters. The van der Waals surface area contributed by atoms with Gasteiger partial charge in [-0.3, -0.25) is 0 Å². The summed E-state index contributed by atoms with van der Waals surface area (Å²) >= 11 is 0. The van der Waals surface area contributed by atoms with Gasteiger partial charge in [0.15, 0.2) is 0 Å². The highest BCUT2D eigenvalue weighted by atomic mass is 32.2. The third kappa shape index (κ3) is 4.53. The van der Waals surface area contributed by atoms with E-state index in [1.54, 1.807) is 23.5 Å². The standard InChI is InChI=1S/C19H25N3O3S/c1-25-17-7-5-16(6-8-17)11-12-20-19-10-9-18(15-21-19)26(23,24)22-13-3-2-4-14-22/h5-10,15H,2-4,11-14H2,1H3,(H,20,21). The molecule has 0 bridgehead atoms. The number of piperidine rings is 1. The van der Waals surface area contributed by atoms with E-state index in [4.69, 9.17) is 4.74 Å². The Balaban J connectivity index is 1.55. The first-order chi connectivity index (χ1) is 12.6. The molecule has 2 heterocycles. The van der Waals surface area contributed by atoms with Gasteiger partial charge in [0.2, 0.25) is 10.0 Å². The average Bonchev–Trinajstić information content (AvgIpc) is 2.69. The topological polar surface area (TPSA) is 71.5 Å². The zero-order valence-corrected chi connectivity index (χ0v) is 15.8. The number of ether oxygens (including phenoxy) is 1. The molecular weight excluding hydrogens is 350 g/mol. The fourth-order valence-electron chi connectivity index (χ4n) is 3.02. The molecule has 3 rings (SSSR count). The highest BCUT2D eigenvalue weighted by Gasteiger charge is 2.26. The van der Waals surface area contributed by atoms with Crippen molar-refractivity contribution < 1.29 is 13.2 Å². The summed E-state index contributed by atoms with van der Waals surface area (Å²) in [7, 11) is -1.77. The first-order valence-corrected chi connectivity index (χ1v) is 10.4. The van der Waals surface area contributed by atoms with Gasteiger partial charge in [-0.1, -0.05) is 18.6 Å². The summed E-state index contributed by atoms with van der Waals surface area (Å²) in [6.45, 7) is 1.92. The maximum absolute atomic E-state index is 12.6. The monoisotopic (exact) mass is 375 g/mol. The normalized spacial score (nSPS) is 15.6. The second-order valence-corrected chi connectivity index (χ2v) is 8.31. The van der Waals surface area contributed by atoms with Crippen LogP contribution in [0.3, 0.4) is 0 Å². The van der Waals surface area contributed by atoms with Crippen molar-refractivity contribution in [2.45, 2.75) is 30.6 Å². The molecule has 1 aromatic carbocycles. The number of pyridine rings is 1. The third-order valence-electron chi connectivity index (χ3n) is 4.57. The van der Waals surface area contributed by atoms with Gasteiger partial charge < -0.3 is 10.1 Å². The highest BCUT2D eigenvalue weighted by molar-refractivity contribution is 7.89.